The van der Waals surface area contributed by atoms with Gasteiger partial charge in [-0.25, -0.2) is 13.3 Å². The zero-order valence-corrected chi connectivity index (χ0v) is 24.9. The molecule has 2 aliphatic rings. The number of carboxylic acids is 1. The van der Waals surface area contributed by atoms with Crippen LogP contribution in [0.2, 0.25) is 0 Å². The molecule has 1 N–H and O–H groups in total. The number of halogens is 1. The number of hydrogen-bond donors (Lipinski definition) is 1. The van der Waals surface area contributed by atoms with Gasteiger partial charge >= 0.3 is 5.97 Å². The number of ether oxygens (including phenoxy) is 1. The molecule has 1 fully saturated rings. The molecule has 1 heterocycles. The van der Waals surface area contributed by atoms with Gasteiger partial charge in [-0.3, -0.25) is 4.90 Å². The number of aliphatic carboxylic acids is 1. The van der Waals surface area contributed by atoms with Crippen LogP contribution in [0.15, 0.2) is 35.3 Å². The lowest BCUT2D eigenvalue weighted by atomic mass is 9.87. The number of carbonyl (C=O) groups is 1. The van der Waals surface area contributed by atoms with Crippen molar-refractivity contribution in [3.8, 4) is 0 Å². The van der Waals surface area contributed by atoms with Crippen molar-refractivity contribution >= 4 is 28.6 Å². The molecule has 204 valence electrons. The monoisotopic (exact) mass is 532 g/mol. The van der Waals surface area contributed by atoms with Crippen LogP contribution in [-0.2, 0) is 20.5 Å². The maximum absolute atomic E-state index is 13.2. The molecule has 1 aliphatic heterocycles. The molecule has 1 aliphatic carbocycles. The van der Waals surface area contributed by atoms with Gasteiger partial charge in [-0.2, -0.15) is 0 Å². The van der Waals surface area contributed by atoms with Crippen LogP contribution in [-0.4, -0.2) is 74.3 Å². The SMILES string of the molecule is CC.CC/C=C\CCl.CCN1CCN(S(=O)C2=CC(C)(C)CC(OC(C)(C)C(=O)O)C=C2)CC1C. The molecule has 35 heavy (non-hydrogen) atoms. The number of piperazine rings is 1. The molecule has 0 saturated carbocycles. The standard InChI is InChI=1S/C20H34N2O4S.C5H9Cl.C2H6/c1-7-21-10-11-22(14-15(21)2)27(25)17-9-8-16(12-19(3,4)13-17)26-20(5,6)18(23)24;1-2-3-4-5-6;1-2/h8-9,13,15-16H,7,10-12,14H2,1-6H3,(H,23,24);3-4H,2,5H2,1H3;1-2H3/b;4-3-;. The van der Waals surface area contributed by atoms with Gasteiger partial charge in [0, 0.05) is 31.6 Å². The van der Waals surface area contributed by atoms with Gasteiger partial charge in [-0.1, -0.05) is 65.8 Å². The third-order valence-electron chi connectivity index (χ3n) is 5.76. The van der Waals surface area contributed by atoms with E-state index in [1.54, 1.807) is 13.8 Å². The molecule has 3 unspecified atom stereocenters. The lowest BCUT2D eigenvalue weighted by Crippen LogP contribution is -2.52. The minimum absolute atomic E-state index is 0.245. The molecule has 1 saturated heterocycles. The third-order valence-corrected chi connectivity index (χ3v) is 7.39. The molecule has 3 atom stereocenters. The van der Waals surface area contributed by atoms with E-state index in [0.29, 0.717) is 18.3 Å². The molecule has 2 rings (SSSR count). The van der Waals surface area contributed by atoms with Gasteiger partial charge in [0.2, 0.25) is 0 Å². The van der Waals surface area contributed by atoms with Crippen LogP contribution in [0.3, 0.4) is 0 Å². The van der Waals surface area contributed by atoms with Crippen molar-refractivity contribution in [2.24, 2.45) is 5.41 Å². The minimum atomic E-state index is -1.26. The first kappa shape index (κ1) is 34.0. The highest BCUT2D eigenvalue weighted by atomic mass is 35.5. The quantitative estimate of drug-likeness (QED) is 0.306. The van der Waals surface area contributed by atoms with Crippen molar-refractivity contribution in [1.82, 2.24) is 9.21 Å². The van der Waals surface area contributed by atoms with E-state index in [2.05, 4.69) is 39.5 Å². The Morgan fingerprint density at radius 1 is 1.29 bits per heavy atom. The van der Waals surface area contributed by atoms with Crippen LogP contribution in [0.25, 0.3) is 0 Å². The van der Waals surface area contributed by atoms with Crippen molar-refractivity contribution in [2.75, 3.05) is 32.1 Å². The summed E-state index contributed by atoms with van der Waals surface area (Å²) in [6.45, 7) is 21.1. The molecular weight excluding hydrogens is 484 g/mol. The Balaban J connectivity index is 0.00000126. The summed E-state index contributed by atoms with van der Waals surface area (Å²) in [5.74, 6) is -0.342. The number of allylic oxidation sites excluding steroid dienone is 4. The van der Waals surface area contributed by atoms with Crippen LogP contribution in [0.5, 0.6) is 0 Å². The van der Waals surface area contributed by atoms with Crippen LogP contribution in [0, 0.1) is 5.41 Å². The van der Waals surface area contributed by atoms with Crippen molar-refractivity contribution in [3.63, 3.8) is 0 Å². The van der Waals surface area contributed by atoms with Crippen LogP contribution >= 0.6 is 11.6 Å². The second-order valence-electron chi connectivity index (χ2n) is 9.72. The van der Waals surface area contributed by atoms with Crippen LogP contribution < -0.4 is 0 Å². The van der Waals surface area contributed by atoms with Crippen molar-refractivity contribution in [3.05, 3.63) is 35.3 Å². The van der Waals surface area contributed by atoms with Gasteiger partial charge in [0.1, 0.15) is 11.0 Å². The fourth-order valence-electron chi connectivity index (χ4n) is 3.86. The van der Waals surface area contributed by atoms with Gasteiger partial charge in [-0.05, 0) is 51.6 Å². The summed E-state index contributed by atoms with van der Waals surface area (Å²) in [6.07, 6.45) is 11.1. The van der Waals surface area contributed by atoms with Gasteiger partial charge < -0.3 is 9.84 Å². The number of alkyl halides is 1. The van der Waals surface area contributed by atoms with Gasteiger partial charge in [0.25, 0.3) is 0 Å². The van der Waals surface area contributed by atoms with Crippen LogP contribution in [0.4, 0.5) is 0 Å². The molecule has 0 bridgehead atoms. The highest BCUT2D eigenvalue weighted by molar-refractivity contribution is 7.86. The topological polar surface area (TPSA) is 70.1 Å². The van der Waals surface area contributed by atoms with E-state index >= 15 is 0 Å². The number of hydrogen-bond acceptors (Lipinski definition) is 4. The van der Waals surface area contributed by atoms with Gasteiger partial charge in [0.05, 0.1) is 11.0 Å². The molecule has 6 nitrogen and oxygen atoms in total. The Kier molecular flexibility index (Phi) is 16.2. The normalized spacial score (nSPS) is 23.9. The Labute approximate surface area is 222 Å². The first-order valence-electron chi connectivity index (χ1n) is 12.8. The summed E-state index contributed by atoms with van der Waals surface area (Å²) in [5.41, 5.74) is -1.51. The molecule has 0 amide bonds. The maximum atomic E-state index is 13.2. The molecule has 0 radical (unpaired) electrons. The fourth-order valence-corrected chi connectivity index (χ4v) is 5.50. The summed E-state index contributed by atoms with van der Waals surface area (Å²) < 4.78 is 21.1. The van der Waals surface area contributed by atoms with E-state index in [4.69, 9.17) is 16.3 Å². The van der Waals surface area contributed by atoms with Gasteiger partial charge in [0.15, 0.2) is 5.60 Å². The van der Waals surface area contributed by atoms with E-state index in [1.807, 2.05) is 48.5 Å². The first-order chi connectivity index (χ1) is 16.4. The van der Waals surface area contributed by atoms with Crippen molar-refractivity contribution < 1.29 is 18.8 Å². The van der Waals surface area contributed by atoms with E-state index in [-0.39, 0.29) is 11.5 Å². The van der Waals surface area contributed by atoms with E-state index < -0.39 is 22.6 Å². The minimum Gasteiger partial charge on any atom is -0.479 e. The van der Waals surface area contributed by atoms with Crippen LogP contribution in [0.1, 0.15) is 75.2 Å². The number of likely N-dealkylation sites (N-methyl/N-ethyl adjacent to an activating group) is 1. The molecule has 0 aromatic rings. The number of rotatable bonds is 8. The van der Waals surface area contributed by atoms with Crippen molar-refractivity contribution in [1.29, 1.82) is 0 Å². The van der Waals surface area contributed by atoms with E-state index in [1.165, 1.54) is 0 Å². The average Bonchev–Trinajstić information content (AvgIpc) is 2.95. The smallest absolute Gasteiger partial charge is 0.335 e. The lowest BCUT2D eigenvalue weighted by molar-refractivity contribution is -0.166. The molecule has 0 spiro atoms. The van der Waals surface area contributed by atoms with Gasteiger partial charge in [-0.15, -0.1) is 11.6 Å². The third kappa shape index (κ3) is 12.2. The number of nitrogens with zero attached hydrogens (tertiary/aromatic N) is 2. The van der Waals surface area contributed by atoms with E-state index in [9.17, 15) is 14.1 Å². The zero-order chi connectivity index (χ0) is 27.2. The number of carboxylic acid groups (broad SMARTS) is 1. The Morgan fingerprint density at radius 3 is 2.37 bits per heavy atom. The summed E-state index contributed by atoms with van der Waals surface area (Å²) >= 11 is 5.29. The maximum Gasteiger partial charge on any atom is 0.335 e. The molecule has 0 aromatic heterocycles. The second kappa shape index (κ2) is 16.7. The zero-order valence-electron chi connectivity index (χ0n) is 23.3. The Bertz CT molecular complexity index is 743. The fraction of sp³-hybridized carbons (Fsp3) is 0.741. The highest BCUT2D eigenvalue weighted by Gasteiger charge is 2.35. The van der Waals surface area contributed by atoms with E-state index in [0.717, 1.165) is 37.5 Å². The largest absolute Gasteiger partial charge is 0.479 e. The summed E-state index contributed by atoms with van der Waals surface area (Å²) in [7, 11) is -1.23. The lowest BCUT2D eigenvalue weighted by Gasteiger charge is -2.38. The van der Waals surface area contributed by atoms with Crippen molar-refractivity contribution in [2.45, 2.75) is 92.9 Å². The summed E-state index contributed by atoms with van der Waals surface area (Å²) in [5, 5.41) is 9.33. The predicted molar refractivity (Wildman–Crippen MR) is 150 cm³/mol. The first-order valence-corrected chi connectivity index (χ1v) is 14.4. The average molecular weight is 533 g/mol. The Hall–Kier alpha value is -0.990. The molecular formula is C27H49ClN2O4S. The second-order valence-corrected chi connectivity index (χ2v) is 11.5. The molecule has 0 aromatic carbocycles. The Morgan fingerprint density at radius 2 is 1.91 bits per heavy atom. The molecule has 8 heteroatoms. The predicted octanol–water partition coefficient (Wildman–Crippen LogP) is 6.01. The summed E-state index contributed by atoms with van der Waals surface area (Å²) in [6, 6.07) is 0.378. The highest BCUT2D eigenvalue weighted by Crippen LogP contribution is 2.34. The summed E-state index contributed by atoms with van der Waals surface area (Å²) in [4.78, 5) is 14.6.